The number of amides is 4. The first kappa shape index (κ1) is 38.3. The van der Waals surface area contributed by atoms with Crippen LogP contribution in [0.15, 0.2) is 65.4 Å². The van der Waals surface area contributed by atoms with Crippen LogP contribution < -0.4 is 25.7 Å². The molecule has 1 saturated heterocycles. The summed E-state index contributed by atoms with van der Waals surface area (Å²) in [6, 6.07) is 4.40. The van der Waals surface area contributed by atoms with Crippen molar-refractivity contribution in [1.29, 1.82) is 0 Å². The van der Waals surface area contributed by atoms with E-state index in [9.17, 15) is 32.4 Å². The molecular formula is C38H44N6O9S2. The maximum Gasteiger partial charge on any atom is 0.408 e. The van der Waals surface area contributed by atoms with E-state index in [0.29, 0.717) is 24.8 Å². The number of hydrogen-bond donors (Lipinski definition) is 3. The van der Waals surface area contributed by atoms with E-state index in [2.05, 4.69) is 27.0 Å². The van der Waals surface area contributed by atoms with Crippen molar-refractivity contribution >= 4 is 55.3 Å². The first-order chi connectivity index (χ1) is 26.1. The van der Waals surface area contributed by atoms with Gasteiger partial charge in [0, 0.05) is 23.6 Å². The van der Waals surface area contributed by atoms with E-state index in [1.165, 1.54) is 33.2 Å². The van der Waals surface area contributed by atoms with Gasteiger partial charge in [-0.2, -0.15) is 5.10 Å². The first-order valence-corrected chi connectivity index (χ1v) is 20.7. The maximum absolute atomic E-state index is 14.6. The fraction of sp³-hybridized carbons (Fsp3) is 0.474. The largest absolute Gasteiger partial charge is 0.491 e. The molecule has 3 aromatic rings. The van der Waals surface area contributed by atoms with Crippen molar-refractivity contribution in [3.63, 3.8) is 0 Å². The van der Waals surface area contributed by atoms with Gasteiger partial charge in [0.25, 0.3) is 11.5 Å². The van der Waals surface area contributed by atoms with Crippen molar-refractivity contribution in [2.24, 2.45) is 11.3 Å². The van der Waals surface area contributed by atoms with Crippen LogP contribution in [-0.4, -0.2) is 89.5 Å². The lowest BCUT2D eigenvalue weighted by atomic mass is 9.85. The van der Waals surface area contributed by atoms with E-state index in [-0.39, 0.29) is 43.9 Å². The summed E-state index contributed by atoms with van der Waals surface area (Å²) in [5.74, 6) is -2.54. The van der Waals surface area contributed by atoms with Gasteiger partial charge in [0.1, 0.15) is 24.2 Å². The molecular weight excluding hydrogens is 749 g/mol. The molecule has 2 aliphatic carbocycles. The molecule has 5 aliphatic rings. The highest BCUT2D eigenvalue weighted by Crippen LogP contribution is 2.46. The fourth-order valence-electron chi connectivity index (χ4n) is 7.22. The van der Waals surface area contributed by atoms with Crippen LogP contribution in [0.5, 0.6) is 5.75 Å². The highest BCUT2D eigenvalue weighted by Gasteiger charge is 2.62. The predicted octanol–water partition coefficient (Wildman–Crippen LogP) is 3.42. The number of fused-ring (bicyclic) bond motifs is 12. The zero-order chi connectivity index (χ0) is 39.3. The third-order valence-corrected chi connectivity index (χ3v) is 13.3. The van der Waals surface area contributed by atoms with E-state index >= 15 is 0 Å². The van der Waals surface area contributed by atoms with Crippen LogP contribution in [-0.2, 0) is 29.1 Å². The van der Waals surface area contributed by atoms with Crippen LogP contribution in [0.4, 0.5) is 4.79 Å². The second-order valence-corrected chi connectivity index (χ2v) is 18.4. The van der Waals surface area contributed by atoms with Gasteiger partial charge in [-0.15, -0.1) is 17.9 Å². The molecule has 15 nitrogen and oxygen atoms in total. The number of nitrogens with zero attached hydrogens (tertiary/aromatic N) is 3. The maximum atomic E-state index is 14.6. The van der Waals surface area contributed by atoms with Crippen molar-refractivity contribution < 1.29 is 37.1 Å². The van der Waals surface area contributed by atoms with Gasteiger partial charge >= 0.3 is 6.09 Å². The Labute approximate surface area is 322 Å². The zero-order valence-corrected chi connectivity index (χ0v) is 32.4. The molecule has 55 heavy (non-hydrogen) atoms. The van der Waals surface area contributed by atoms with Gasteiger partial charge in [-0.3, -0.25) is 23.9 Å². The lowest BCUT2D eigenvalue weighted by molar-refractivity contribution is -0.142. The number of nitrogens with one attached hydrogen (secondary N) is 3. The van der Waals surface area contributed by atoms with Crippen LogP contribution in [0.3, 0.4) is 0 Å². The molecule has 17 heteroatoms. The van der Waals surface area contributed by atoms with Gasteiger partial charge in [-0.25, -0.2) is 17.9 Å². The van der Waals surface area contributed by atoms with Crippen LogP contribution in [0.25, 0.3) is 21.2 Å². The Morgan fingerprint density at radius 3 is 2.62 bits per heavy atom. The Morgan fingerprint density at radius 2 is 1.91 bits per heavy atom. The van der Waals surface area contributed by atoms with Crippen molar-refractivity contribution in [2.45, 2.75) is 81.8 Å². The van der Waals surface area contributed by atoms with Crippen molar-refractivity contribution in [1.82, 2.24) is 30.0 Å². The number of aromatic nitrogens is 2. The summed E-state index contributed by atoms with van der Waals surface area (Å²) < 4.78 is 41.3. The summed E-state index contributed by atoms with van der Waals surface area (Å²) in [7, 11) is -3.94. The molecule has 5 atom stereocenters. The molecule has 2 aromatic heterocycles. The third-order valence-electron chi connectivity index (χ3n) is 10.6. The van der Waals surface area contributed by atoms with Crippen molar-refractivity contribution in [3.05, 3.63) is 71.0 Å². The molecule has 0 spiro atoms. The van der Waals surface area contributed by atoms with Crippen LogP contribution in [0, 0.1) is 11.3 Å². The Morgan fingerprint density at radius 1 is 1.13 bits per heavy atom. The lowest BCUT2D eigenvalue weighted by Crippen LogP contribution is -2.60. The lowest BCUT2D eigenvalue weighted by Gasteiger charge is -2.35. The second kappa shape index (κ2) is 14.6. The number of hydrogen-bond acceptors (Lipinski definition) is 11. The molecule has 2 unspecified atom stereocenters. The van der Waals surface area contributed by atoms with Gasteiger partial charge in [-0.1, -0.05) is 51.1 Å². The molecule has 2 saturated carbocycles. The van der Waals surface area contributed by atoms with Crippen molar-refractivity contribution in [3.8, 4) is 16.9 Å². The second-order valence-electron chi connectivity index (χ2n) is 15.5. The minimum Gasteiger partial charge on any atom is -0.491 e. The summed E-state index contributed by atoms with van der Waals surface area (Å²) in [4.78, 5) is 71.4. The van der Waals surface area contributed by atoms with E-state index in [0.717, 1.165) is 10.1 Å². The molecule has 8 rings (SSSR count). The molecule has 292 valence electrons. The van der Waals surface area contributed by atoms with Gasteiger partial charge in [0.05, 0.1) is 29.7 Å². The van der Waals surface area contributed by atoms with E-state index in [4.69, 9.17) is 9.47 Å². The molecule has 4 bridgehead atoms. The summed E-state index contributed by atoms with van der Waals surface area (Å²) in [5.41, 5.74) is -2.09. The van der Waals surface area contributed by atoms with E-state index in [1.807, 2.05) is 29.6 Å². The Kier molecular flexibility index (Phi) is 10.1. The number of benzene rings is 1. The average molecular weight is 793 g/mol. The molecule has 0 radical (unpaired) electrons. The molecule has 3 aliphatic heterocycles. The summed E-state index contributed by atoms with van der Waals surface area (Å²) in [6.07, 6.45) is 6.84. The Hall–Kier alpha value is -5.03. The summed E-state index contributed by atoms with van der Waals surface area (Å²) in [6.45, 7) is 8.99. The highest BCUT2D eigenvalue weighted by molar-refractivity contribution is 7.91. The quantitative estimate of drug-likeness (QED) is 0.299. The predicted molar refractivity (Wildman–Crippen MR) is 205 cm³/mol. The molecule has 5 heterocycles. The first-order valence-electron chi connectivity index (χ1n) is 18.2. The minimum absolute atomic E-state index is 0.0809. The van der Waals surface area contributed by atoms with Gasteiger partial charge in [0.2, 0.25) is 21.8 Å². The summed E-state index contributed by atoms with van der Waals surface area (Å²) >= 11 is 1.53. The van der Waals surface area contributed by atoms with Gasteiger partial charge < -0.3 is 25.0 Å². The molecule has 4 amide bonds. The van der Waals surface area contributed by atoms with Gasteiger partial charge in [-0.05, 0) is 59.6 Å². The SMILES string of the molecule is C=CC1CC1(NC(=O)[C@@H]1C[C@@H]2CN1C(=O)[C@H](C(C)(C)C)NC(=O)OC/C=C/CCOc1cnn2c(=O)c1-c1ccc2ccsc2c1)C(=O)NS(=O)(=O)C1CC1. The van der Waals surface area contributed by atoms with E-state index < -0.39 is 79.6 Å². The monoisotopic (exact) mass is 792 g/mol. The molecule has 1 aromatic carbocycles. The standard InChI is InChI=1S/C38H44N6O9S2/c1-5-24-19-38(24,35(48)42-55(50,51)26-11-12-26)41-32(45)27-18-25-21-43(27)34(47)31(37(2,3)4)40-36(49)53-15-8-6-7-14-52-28-20-39-44(25)33(46)30(28)23-10-9-22-13-16-54-29(22)17-23/h5-6,8-10,13,16-17,20,24-27,31H,1,7,11-12,14-15,18-19,21H2,2-4H3,(H,40,49)(H,41,45)(H,42,48)/b8-6+/t24?,25-,27+,31-,38?/m1/s1. The average Bonchev–Trinajstić information content (AvgIpc) is 4.02. The summed E-state index contributed by atoms with van der Waals surface area (Å²) in [5, 5.41) is 12.2. The Bertz CT molecular complexity index is 2260. The minimum atomic E-state index is -3.94. The van der Waals surface area contributed by atoms with E-state index in [1.54, 1.807) is 32.9 Å². The zero-order valence-electron chi connectivity index (χ0n) is 30.8. The van der Waals surface area contributed by atoms with Crippen LogP contribution in [0.1, 0.15) is 58.9 Å². The molecule has 3 fully saturated rings. The van der Waals surface area contributed by atoms with Gasteiger partial charge in [0.15, 0.2) is 5.75 Å². The number of carbonyl (C=O) groups is 4. The normalized spacial score (nSPS) is 26.6. The van der Waals surface area contributed by atoms with Crippen LogP contribution >= 0.6 is 11.3 Å². The fourth-order valence-corrected chi connectivity index (χ4v) is 9.41. The number of ether oxygens (including phenoxy) is 2. The number of alkyl carbamates (subject to hydrolysis) is 1. The molecule has 3 N–H and O–H groups in total. The third kappa shape index (κ3) is 7.63. The Balaban J connectivity index is 1.28. The van der Waals surface area contributed by atoms with Crippen LogP contribution in [0.2, 0.25) is 0 Å². The number of thiophene rings is 1. The highest BCUT2D eigenvalue weighted by atomic mass is 32.2. The number of carbonyl (C=O) groups excluding carboxylic acids is 4. The topological polar surface area (TPSA) is 195 Å². The number of rotatable bonds is 7. The van der Waals surface area contributed by atoms with Crippen molar-refractivity contribution in [2.75, 3.05) is 19.8 Å². The number of sulfonamides is 1. The smallest absolute Gasteiger partial charge is 0.408 e.